The molecular formula is C69H102N2O24. The first-order valence-corrected chi connectivity index (χ1v) is 34.1. The molecule has 7 N–H and O–H groups in total. The van der Waals surface area contributed by atoms with Gasteiger partial charge in [0.25, 0.3) is 0 Å². The maximum Gasteiger partial charge on any atom is 0.407 e. The highest BCUT2D eigenvalue weighted by Gasteiger charge is 2.65. The van der Waals surface area contributed by atoms with Crippen LogP contribution >= 0.6 is 0 Å². The molecular weight excluding hydrogens is 1240 g/mol. The van der Waals surface area contributed by atoms with E-state index < -0.39 is 216 Å². The second-order valence-corrected chi connectivity index (χ2v) is 29.3. The monoisotopic (exact) mass is 1340 g/mol. The van der Waals surface area contributed by atoms with Gasteiger partial charge in [-0.15, -0.1) is 0 Å². The number of hydrogen-bond donors (Lipinski definition) is 7. The van der Waals surface area contributed by atoms with Crippen molar-refractivity contribution >= 4 is 30.1 Å². The first-order valence-electron chi connectivity index (χ1n) is 34.1. The Morgan fingerprint density at radius 3 is 2.01 bits per heavy atom. The molecule has 95 heavy (non-hydrogen) atoms. The maximum atomic E-state index is 15.6. The number of hydroxylamine groups is 2. The van der Waals surface area contributed by atoms with Crippen molar-refractivity contribution in [2.45, 2.75) is 288 Å². The van der Waals surface area contributed by atoms with E-state index in [-0.39, 0.29) is 43.1 Å². The zero-order valence-electron chi connectivity index (χ0n) is 57.1. The van der Waals surface area contributed by atoms with E-state index in [1.54, 1.807) is 47.6 Å². The topological polar surface area (TPSA) is 346 Å². The van der Waals surface area contributed by atoms with Gasteiger partial charge in [0.05, 0.1) is 92.5 Å². The van der Waals surface area contributed by atoms with Crippen molar-refractivity contribution in [2.75, 3.05) is 7.11 Å². The quantitative estimate of drug-likeness (QED) is 0.0266. The number of Topliss-reactive ketones (excluding diaryl/α,β-unsaturated/α-hetero) is 1. The Morgan fingerprint density at radius 2 is 1.36 bits per heavy atom. The first kappa shape index (κ1) is 73.1. The standard InChI is InChI=1S/C69H102N2O24/c1-31(2)64(78)94-60-39(10)87-54(27-50(60)91-51-22-20-49(37(8)85-51)90-53-26-47(75)59(38(9)86-53)92-52-21-18-45(73)36(7)84-52)93-58-35(6)23-34(5)57-42(58)16-17-43-32(3)15-19-48(89-55-29-67(12,71(81)82)61(40(11)88-55)70-66(80)83-14)33(4)24-44-46(74)25-41(30-72)28-69(44)63(77)56(65(79)95-69)62(76)68(43,57)13/h15-17,24-25,30-31,34-40,42-55,57-61,71,73-76,81H,18-23,26-29H2,1-14H3,(H,70,80)/b32-15-,33-24+,62-56?/t34-,35-,36+,37-,38+,39-,40-,42-,43+,44+,45+,46-,47+,48+,49-,50-,51-,52-,53-,54+,55+,57+,58-,59-,60+,61-,67-,68+,69+/m1/s1. The Labute approximate surface area is 555 Å². The minimum absolute atomic E-state index is 0.00649. The summed E-state index contributed by atoms with van der Waals surface area (Å²) in [6, 6.07) is -1.03. The average Bonchev–Trinajstić information content (AvgIpc) is 1.52. The number of methoxy groups -OCH3 is 1. The van der Waals surface area contributed by atoms with Crippen molar-refractivity contribution < 1.29 is 116 Å². The van der Waals surface area contributed by atoms with Crippen LogP contribution in [0.1, 0.15) is 154 Å². The highest BCUT2D eigenvalue weighted by Crippen LogP contribution is 2.61. The molecule has 0 aromatic heterocycles. The molecule has 0 radical (unpaired) electrons. The third kappa shape index (κ3) is 14.6. The zero-order chi connectivity index (χ0) is 69.1. The van der Waals surface area contributed by atoms with Gasteiger partial charge in [-0.05, 0) is 116 Å². The van der Waals surface area contributed by atoms with Crippen LogP contribution < -0.4 is 10.5 Å². The summed E-state index contributed by atoms with van der Waals surface area (Å²) in [6.07, 6.45) is -3.82. The summed E-state index contributed by atoms with van der Waals surface area (Å²) in [7, 11) is 1.17. The molecule has 26 nitrogen and oxygen atoms in total. The summed E-state index contributed by atoms with van der Waals surface area (Å²) < 4.78 is 82.3. The Bertz CT molecular complexity index is 2960. The predicted octanol–water partition coefficient (Wildman–Crippen LogP) is 5.49. The Hall–Kier alpha value is -4.59. The molecule has 26 heteroatoms. The Morgan fingerprint density at radius 1 is 0.726 bits per heavy atom. The van der Waals surface area contributed by atoms with Crippen LogP contribution in [0.2, 0.25) is 0 Å². The van der Waals surface area contributed by atoms with E-state index in [1.807, 2.05) is 39.8 Å². The molecule has 532 valence electrons. The zero-order valence-corrected chi connectivity index (χ0v) is 57.1. The Balaban J connectivity index is 0.913. The van der Waals surface area contributed by atoms with E-state index in [1.165, 1.54) is 20.1 Å². The molecule has 0 aromatic rings. The number of aliphatic hydroxyl groups is 4. The highest BCUT2D eigenvalue weighted by atomic mass is 16.8. The number of quaternary nitrogens is 1. The summed E-state index contributed by atoms with van der Waals surface area (Å²) >= 11 is 0. The van der Waals surface area contributed by atoms with Crippen LogP contribution in [0.3, 0.4) is 0 Å². The van der Waals surface area contributed by atoms with Gasteiger partial charge in [0.2, 0.25) is 5.78 Å². The number of esters is 2. The molecule has 1 unspecified atom stereocenters. The number of allylic oxidation sites excluding steroid dienone is 3. The van der Waals surface area contributed by atoms with Crippen LogP contribution in [0.15, 0.2) is 58.4 Å². The van der Waals surface area contributed by atoms with Crippen molar-refractivity contribution in [3.63, 3.8) is 0 Å². The van der Waals surface area contributed by atoms with Crippen LogP contribution in [0.25, 0.3) is 0 Å². The molecule has 10 rings (SSSR count). The van der Waals surface area contributed by atoms with Gasteiger partial charge in [-0.3, -0.25) is 14.4 Å². The van der Waals surface area contributed by atoms with Crippen molar-refractivity contribution in [3.8, 4) is 0 Å². The Kier molecular flexibility index (Phi) is 22.6. The first-order chi connectivity index (χ1) is 44.8. The normalized spacial score (nSPS) is 47.1. The van der Waals surface area contributed by atoms with Crippen LogP contribution in [0, 0.1) is 52.0 Å². The molecule has 10 aliphatic rings. The van der Waals surface area contributed by atoms with Gasteiger partial charge in [0, 0.05) is 49.4 Å². The van der Waals surface area contributed by atoms with Crippen molar-refractivity contribution in [1.29, 1.82) is 0 Å². The number of fused-ring (bicyclic) bond motifs is 4. The molecule has 6 saturated heterocycles. The molecule has 0 aromatic carbocycles. The predicted molar refractivity (Wildman–Crippen MR) is 333 cm³/mol. The fourth-order valence-corrected chi connectivity index (χ4v) is 17.0. The van der Waals surface area contributed by atoms with Gasteiger partial charge >= 0.3 is 18.0 Å². The van der Waals surface area contributed by atoms with Crippen LogP contribution in [-0.2, 0) is 80.8 Å². The largest absolute Gasteiger partial charge is 0.600 e. The second-order valence-electron chi connectivity index (χ2n) is 29.3. The van der Waals surface area contributed by atoms with E-state index in [4.69, 9.17) is 61.6 Å². The van der Waals surface area contributed by atoms with Gasteiger partial charge in [-0.2, -0.15) is 0 Å². The highest BCUT2D eigenvalue weighted by molar-refractivity contribution is 6.26. The van der Waals surface area contributed by atoms with Crippen molar-refractivity contribution in [2.24, 2.45) is 46.8 Å². The summed E-state index contributed by atoms with van der Waals surface area (Å²) in [6.45, 7) is 23.5. The fraction of sp³-hybridized carbons (Fsp3) is 0.783. The molecule has 1 amide bonds. The van der Waals surface area contributed by atoms with Crippen LogP contribution in [0.4, 0.5) is 4.79 Å². The lowest BCUT2D eigenvalue weighted by Gasteiger charge is -2.56. The van der Waals surface area contributed by atoms with E-state index in [0.717, 1.165) is 5.57 Å². The number of ether oxygens (including phenoxy) is 13. The van der Waals surface area contributed by atoms with Gasteiger partial charge in [-0.1, -0.05) is 64.5 Å². The molecule has 7 fully saturated rings. The number of carbonyl (C=O) groups excluding carboxylic acids is 5. The number of aldehydes is 1. The molecule has 2 bridgehead atoms. The number of carbonyl (C=O) groups is 5. The van der Waals surface area contributed by atoms with E-state index >= 15 is 4.79 Å². The van der Waals surface area contributed by atoms with E-state index in [0.29, 0.717) is 44.0 Å². The minimum atomic E-state index is -2.19. The number of hydrogen-bond acceptors (Lipinski definition) is 24. The number of rotatable bonds is 15. The number of alkyl carbamates (subject to hydrolysis) is 1. The van der Waals surface area contributed by atoms with Gasteiger partial charge in [0.15, 0.2) is 48.7 Å². The molecule has 6 heterocycles. The van der Waals surface area contributed by atoms with Crippen LogP contribution in [0.5, 0.6) is 0 Å². The molecule has 4 aliphatic carbocycles. The van der Waals surface area contributed by atoms with E-state index in [9.17, 15) is 50.0 Å². The molecule has 30 atom stereocenters. The number of aliphatic hydroxyl groups excluding tert-OH is 4. The average molecular weight is 1340 g/mol. The lowest BCUT2D eigenvalue weighted by atomic mass is 9.49. The smallest absolute Gasteiger partial charge is 0.407 e. The van der Waals surface area contributed by atoms with Crippen molar-refractivity contribution in [1.82, 2.24) is 5.32 Å². The molecule has 1 spiro atoms. The number of nitrogens with one attached hydrogen (secondary N) is 2. The number of ketones is 1. The van der Waals surface area contributed by atoms with Gasteiger partial charge in [0.1, 0.15) is 35.9 Å². The van der Waals surface area contributed by atoms with Gasteiger partial charge < -0.3 is 92.5 Å². The van der Waals surface area contributed by atoms with Crippen molar-refractivity contribution in [3.05, 3.63) is 63.6 Å². The minimum Gasteiger partial charge on any atom is -0.600 e. The third-order valence-corrected chi connectivity index (χ3v) is 22.2. The summed E-state index contributed by atoms with van der Waals surface area (Å²) in [5.74, 6) is -6.77. The summed E-state index contributed by atoms with van der Waals surface area (Å²) in [4.78, 5) is 68.9. The van der Waals surface area contributed by atoms with Gasteiger partial charge in [-0.25, -0.2) is 20.0 Å². The number of amides is 1. The second kappa shape index (κ2) is 29.3. The van der Waals surface area contributed by atoms with Crippen LogP contribution in [-0.4, -0.2) is 197 Å². The lowest BCUT2D eigenvalue weighted by molar-refractivity contribution is -1.09. The third-order valence-electron chi connectivity index (χ3n) is 22.2. The SMILES string of the molecule is COC(=O)N[C@@H]1[C@@H](C)O[C@@H](O[C@H]2C/C=C(/C)[C@@H]3C=C[C@H]4[C@H](O[C@H]5C[C@@H](O[C@@H]6CC[C@@H](O[C@@H]7C[C@H](O)[C@H](O[C@@H]8CC[C@H](O)[C@H](C)O8)[C@H](C)O7)[C@@H](C)O6)[C@@H](OC(=O)C(C)C)[C@@H](C)O5)[C@H](C)C[C@@H](C)[C@@H]4[C@@]3(C)C(O)=C3C(=O)O[C@]4(CC(C=O)=C[C@@H](O)[C@@H]4/C=C/2C)C3=O)C[C@@]1(C)[NH+]([O-])O. The lowest BCUT2D eigenvalue weighted by Crippen LogP contribution is -3.17. The fourth-order valence-electron chi connectivity index (χ4n) is 17.0. The van der Waals surface area contributed by atoms with E-state index in [2.05, 4.69) is 25.2 Å². The summed E-state index contributed by atoms with van der Waals surface area (Å²) in [5.41, 5.74) is -4.65. The molecule has 6 aliphatic heterocycles. The summed E-state index contributed by atoms with van der Waals surface area (Å²) in [5, 5.41) is 71.9. The molecule has 1 saturated carbocycles. The maximum absolute atomic E-state index is 15.6.